The third kappa shape index (κ3) is 7.93. The Morgan fingerprint density at radius 2 is 1.44 bits per heavy atom. The van der Waals surface area contributed by atoms with Crippen molar-refractivity contribution in [3.8, 4) is 0 Å². The van der Waals surface area contributed by atoms with Crippen LogP contribution < -0.4 is 5.48 Å². The second kappa shape index (κ2) is 14.1. The van der Waals surface area contributed by atoms with Gasteiger partial charge in [-0.25, -0.2) is 4.79 Å². The molecule has 0 aliphatic carbocycles. The van der Waals surface area contributed by atoms with Crippen LogP contribution in [-0.2, 0) is 32.5 Å². The molecule has 210 valence electrons. The van der Waals surface area contributed by atoms with Gasteiger partial charge >= 0.3 is 6.03 Å². The van der Waals surface area contributed by atoms with E-state index in [-0.39, 0.29) is 41.8 Å². The fraction of sp³-hybridized carbons (Fsp3) is 0.483. The number of piperidine rings is 2. The monoisotopic (exact) mass is 554 g/mol. The smallest absolute Gasteiger partial charge is 0.311 e. The Bertz CT molecular complexity index is 1110. The van der Waals surface area contributed by atoms with Gasteiger partial charge in [-0.2, -0.15) is 10.5 Å². The van der Waals surface area contributed by atoms with Crippen LogP contribution in [0.1, 0.15) is 50.7 Å². The Hall–Kier alpha value is -2.68. The van der Waals surface area contributed by atoms with E-state index in [4.69, 9.17) is 9.68 Å². The molecule has 0 aromatic heterocycles. The van der Waals surface area contributed by atoms with E-state index in [2.05, 4.69) is 14.9 Å². The molecule has 10 heteroatoms. The van der Waals surface area contributed by atoms with Crippen LogP contribution in [0.15, 0.2) is 60.7 Å². The number of hydroxylamine groups is 3. The lowest BCUT2D eigenvalue weighted by Gasteiger charge is -2.35. The van der Waals surface area contributed by atoms with Gasteiger partial charge in [0.1, 0.15) is 12.4 Å². The molecular weight excluding hydrogens is 515 g/mol. The zero-order valence-corrected chi connectivity index (χ0v) is 23.9. The SMILES string of the molecule is CC(=O)[C@@H]1CC[C@@H](NOCc2ccccc2)CN1P.CC(=O)[C@@H]1CC[C@@H]2CN1C(=O)N2OCc1ccccc1. The number of fused-ring (bicyclic) bond motifs is 2. The molecule has 2 aromatic carbocycles. The quantitative estimate of drug-likeness (QED) is 0.372. The van der Waals surface area contributed by atoms with E-state index in [9.17, 15) is 14.4 Å². The summed E-state index contributed by atoms with van der Waals surface area (Å²) in [6.45, 7) is 5.54. The molecule has 2 amide bonds. The number of nitrogens with zero attached hydrogens (tertiary/aromatic N) is 3. The average Bonchev–Trinajstić information content (AvgIpc) is 3.17. The molecule has 5 rings (SSSR count). The molecule has 9 nitrogen and oxygen atoms in total. The third-order valence-electron chi connectivity index (χ3n) is 7.43. The van der Waals surface area contributed by atoms with Gasteiger partial charge in [-0.3, -0.25) is 23.9 Å². The Kier molecular flexibility index (Phi) is 10.6. The molecule has 0 saturated carbocycles. The van der Waals surface area contributed by atoms with Crippen LogP contribution in [0.4, 0.5) is 4.79 Å². The van der Waals surface area contributed by atoms with Crippen LogP contribution in [0.3, 0.4) is 0 Å². The minimum Gasteiger partial charge on any atom is -0.311 e. The number of nitrogens with one attached hydrogen (secondary N) is 1. The molecule has 0 spiro atoms. The maximum Gasteiger partial charge on any atom is 0.344 e. The first-order chi connectivity index (χ1) is 18.8. The topological polar surface area (TPSA) is 91.4 Å². The average molecular weight is 555 g/mol. The van der Waals surface area contributed by atoms with Crippen LogP contribution >= 0.6 is 9.39 Å². The first-order valence-corrected chi connectivity index (χ1v) is 14.0. The summed E-state index contributed by atoms with van der Waals surface area (Å²) < 4.78 is 2.02. The molecule has 3 heterocycles. The largest absolute Gasteiger partial charge is 0.344 e. The van der Waals surface area contributed by atoms with Crippen LogP contribution in [0.5, 0.6) is 0 Å². The first-order valence-electron chi connectivity index (χ1n) is 13.5. The molecule has 2 bridgehead atoms. The number of benzene rings is 2. The number of amides is 2. The standard InChI is InChI=1S/C15H18N2O3.C14H21N2O2P/c1-11(18)14-8-7-13-9-16(14)15(19)17(13)20-10-12-5-3-2-4-6-12;1-11(17)14-8-7-13(9-16(14)19)15-18-10-12-5-3-2-4-6-12/h2-6,13-14H,7-10H2,1H3;2-6,13-15H,7-10,19H2,1H3/t2*13-,14+/m11/s1. The van der Waals surface area contributed by atoms with Crippen molar-refractivity contribution in [2.75, 3.05) is 13.1 Å². The molecular formula is C29H39N4O5P. The highest BCUT2D eigenvalue weighted by Gasteiger charge is 2.46. The van der Waals surface area contributed by atoms with Crippen molar-refractivity contribution in [2.45, 2.75) is 76.9 Å². The number of Topliss-reactive ketones (excluding diaryl/α,β-unsaturated/α-hetero) is 2. The molecule has 3 fully saturated rings. The van der Waals surface area contributed by atoms with E-state index < -0.39 is 0 Å². The first kappa shape index (κ1) is 29.3. The molecule has 3 aliphatic heterocycles. The summed E-state index contributed by atoms with van der Waals surface area (Å²) in [5.41, 5.74) is 5.27. The number of carbonyl (C=O) groups is 3. The summed E-state index contributed by atoms with van der Waals surface area (Å²) in [5.74, 6) is 0.292. The van der Waals surface area contributed by atoms with Gasteiger partial charge in [0, 0.05) is 19.1 Å². The Morgan fingerprint density at radius 3 is 2.03 bits per heavy atom. The third-order valence-corrected chi connectivity index (χ3v) is 8.00. The second-order valence-corrected chi connectivity index (χ2v) is 11.0. The Labute approximate surface area is 233 Å². The van der Waals surface area contributed by atoms with Crippen molar-refractivity contribution in [1.29, 1.82) is 0 Å². The lowest BCUT2D eigenvalue weighted by Crippen LogP contribution is -2.48. The summed E-state index contributed by atoms with van der Waals surface area (Å²) in [5, 5.41) is 1.45. The van der Waals surface area contributed by atoms with Crippen LogP contribution in [0, 0.1) is 0 Å². The van der Waals surface area contributed by atoms with Crippen LogP contribution in [-0.4, -0.2) is 69.5 Å². The summed E-state index contributed by atoms with van der Waals surface area (Å²) in [7, 11) is 2.64. The highest BCUT2D eigenvalue weighted by Crippen LogP contribution is 2.30. The van der Waals surface area contributed by atoms with Gasteiger partial charge in [-0.1, -0.05) is 70.1 Å². The summed E-state index contributed by atoms with van der Waals surface area (Å²) in [6.07, 6.45) is 3.40. The molecule has 3 saturated heterocycles. The molecule has 1 N–H and O–H groups in total. The van der Waals surface area contributed by atoms with Gasteiger partial charge in [0.05, 0.1) is 24.7 Å². The van der Waals surface area contributed by atoms with Crippen molar-refractivity contribution < 1.29 is 24.1 Å². The highest BCUT2D eigenvalue weighted by molar-refractivity contribution is 7.13. The number of hydrogen-bond donors (Lipinski definition) is 1. The molecule has 39 heavy (non-hydrogen) atoms. The fourth-order valence-electron chi connectivity index (χ4n) is 5.29. The highest BCUT2D eigenvalue weighted by atomic mass is 31.0. The number of hydrogen-bond acceptors (Lipinski definition) is 7. The molecule has 3 aliphatic rings. The van der Waals surface area contributed by atoms with E-state index >= 15 is 0 Å². The Balaban J connectivity index is 0.000000181. The predicted molar refractivity (Wildman–Crippen MR) is 151 cm³/mol. The molecule has 2 aromatic rings. The predicted octanol–water partition coefficient (Wildman–Crippen LogP) is 3.90. The summed E-state index contributed by atoms with van der Waals surface area (Å²) >= 11 is 0. The Morgan fingerprint density at radius 1 is 0.846 bits per heavy atom. The number of ketones is 2. The molecule has 1 unspecified atom stereocenters. The minimum absolute atomic E-state index is 0.0390. The van der Waals surface area contributed by atoms with Gasteiger partial charge in [-0.15, -0.1) is 0 Å². The van der Waals surface area contributed by atoms with E-state index in [0.29, 0.717) is 19.8 Å². The zero-order valence-electron chi connectivity index (χ0n) is 22.7. The van der Waals surface area contributed by atoms with Crippen molar-refractivity contribution in [3.63, 3.8) is 0 Å². The second-order valence-electron chi connectivity index (χ2n) is 10.4. The zero-order chi connectivity index (χ0) is 27.8. The van der Waals surface area contributed by atoms with Gasteiger partial charge in [0.2, 0.25) is 0 Å². The summed E-state index contributed by atoms with van der Waals surface area (Å²) in [6, 6.07) is 19.8. The fourth-order valence-corrected chi connectivity index (χ4v) is 5.90. The van der Waals surface area contributed by atoms with Crippen molar-refractivity contribution in [1.82, 2.24) is 20.1 Å². The van der Waals surface area contributed by atoms with Gasteiger partial charge in [-0.05, 0) is 50.7 Å². The van der Waals surface area contributed by atoms with Crippen molar-refractivity contribution in [3.05, 3.63) is 71.8 Å². The van der Waals surface area contributed by atoms with Crippen molar-refractivity contribution in [2.24, 2.45) is 0 Å². The van der Waals surface area contributed by atoms with Crippen molar-refractivity contribution >= 4 is 27.0 Å². The van der Waals surface area contributed by atoms with E-state index in [1.807, 2.05) is 65.3 Å². The number of rotatable bonds is 9. The van der Waals surface area contributed by atoms with Gasteiger partial charge < -0.3 is 4.90 Å². The van der Waals surface area contributed by atoms with E-state index in [1.165, 1.54) is 5.06 Å². The normalized spacial score (nSPS) is 24.7. The molecule has 5 atom stereocenters. The minimum atomic E-state index is -0.274. The lowest BCUT2D eigenvalue weighted by molar-refractivity contribution is -0.140. The van der Waals surface area contributed by atoms with Gasteiger partial charge in [0.25, 0.3) is 0 Å². The van der Waals surface area contributed by atoms with Crippen LogP contribution in [0.2, 0.25) is 0 Å². The van der Waals surface area contributed by atoms with E-state index in [0.717, 1.165) is 43.4 Å². The lowest BCUT2D eigenvalue weighted by atomic mass is 9.98. The summed E-state index contributed by atoms with van der Waals surface area (Å²) in [4.78, 5) is 48.1. The van der Waals surface area contributed by atoms with Gasteiger partial charge in [0.15, 0.2) is 5.78 Å². The van der Waals surface area contributed by atoms with Crippen LogP contribution in [0.25, 0.3) is 0 Å². The maximum absolute atomic E-state index is 12.3. The molecule has 0 radical (unpaired) electrons. The number of urea groups is 1. The number of carbonyl (C=O) groups excluding carboxylic acids is 3. The maximum atomic E-state index is 12.3. The van der Waals surface area contributed by atoms with E-state index in [1.54, 1.807) is 18.7 Å².